The van der Waals surface area contributed by atoms with Crippen LogP contribution in [-0.4, -0.2) is 25.0 Å². The molecule has 5 nitrogen and oxygen atoms in total. The van der Waals surface area contributed by atoms with Crippen LogP contribution < -0.4 is 15.4 Å². The van der Waals surface area contributed by atoms with Crippen LogP contribution in [0.25, 0.3) is 6.08 Å². The van der Waals surface area contributed by atoms with Gasteiger partial charge in [0.1, 0.15) is 11.8 Å². The molecule has 0 heterocycles. The van der Waals surface area contributed by atoms with E-state index in [0.29, 0.717) is 5.69 Å². The quantitative estimate of drug-likeness (QED) is 0.803. The van der Waals surface area contributed by atoms with Crippen LogP contribution in [0, 0.1) is 0 Å². The zero-order valence-electron chi connectivity index (χ0n) is 13.7. The van der Waals surface area contributed by atoms with Crippen LogP contribution in [0.1, 0.15) is 12.5 Å². The second-order valence-corrected chi connectivity index (χ2v) is 5.19. The van der Waals surface area contributed by atoms with Gasteiger partial charge in [0.15, 0.2) is 0 Å². The van der Waals surface area contributed by atoms with Crippen molar-refractivity contribution in [3.63, 3.8) is 0 Å². The van der Waals surface area contributed by atoms with Crippen molar-refractivity contribution < 1.29 is 14.3 Å². The van der Waals surface area contributed by atoms with Crippen LogP contribution >= 0.6 is 0 Å². The van der Waals surface area contributed by atoms with Crippen LogP contribution in [0.15, 0.2) is 60.7 Å². The Kier molecular flexibility index (Phi) is 6.14. The van der Waals surface area contributed by atoms with E-state index in [-0.39, 0.29) is 11.8 Å². The summed E-state index contributed by atoms with van der Waals surface area (Å²) in [7, 11) is 1.60. The highest BCUT2D eigenvalue weighted by molar-refractivity contribution is 5.99. The lowest BCUT2D eigenvalue weighted by atomic mass is 10.2. The van der Waals surface area contributed by atoms with Crippen LogP contribution in [-0.2, 0) is 9.59 Å². The summed E-state index contributed by atoms with van der Waals surface area (Å²) in [6.45, 7) is 1.64. The van der Waals surface area contributed by atoms with E-state index in [2.05, 4.69) is 10.6 Å². The Morgan fingerprint density at radius 3 is 2.33 bits per heavy atom. The maximum atomic E-state index is 12.0. The number of nitrogens with one attached hydrogen (secondary N) is 2. The third kappa shape index (κ3) is 5.28. The van der Waals surface area contributed by atoms with Gasteiger partial charge in [-0.25, -0.2) is 0 Å². The molecule has 0 aliphatic rings. The summed E-state index contributed by atoms with van der Waals surface area (Å²) < 4.78 is 5.07. The molecule has 2 rings (SSSR count). The smallest absolute Gasteiger partial charge is 0.246 e. The highest BCUT2D eigenvalue weighted by Crippen LogP contribution is 2.12. The number of amides is 2. The van der Waals surface area contributed by atoms with Crippen molar-refractivity contribution in [3.05, 3.63) is 66.2 Å². The van der Waals surface area contributed by atoms with Crippen LogP contribution in [0.3, 0.4) is 0 Å². The molecule has 24 heavy (non-hydrogen) atoms. The molecule has 0 spiro atoms. The molecule has 0 radical (unpaired) electrons. The van der Waals surface area contributed by atoms with Gasteiger partial charge in [0, 0.05) is 11.8 Å². The fraction of sp³-hybridized carbons (Fsp3) is 0.158. The van der Waals surface area contributed by atoms with Crippen molar-refractivity contribution in [2.75, 3.05) is 12.4 Å². The Labute approximate surface area is 141 Å². The summed E-state index contributed by atoms with van der Waals surface area (Å²) in [5.74, 6) is 0.150. The Morgan fingerprint density at radius 1 is 1.04 bits per heavy atom. The fourth-order valence-corrected chi connectivity index (χ4v) is 1.99. The Balaban J connectivity index is 1.86. The summed E-state index contributed by atoms with van der Waals surface area (Å²) in [4.78, 5) is 23.9. The van der Waals surface area contributed by atoms with Gasteiger partial charge in [-0.2, -0.15) is 0 Å². The number of benzene rings is 2. The van der Waals surface area contributed by atoms with Gasteiger partial charge in [-0.1, -0.05) is 30.3 Å². The van der Waals surface area contributed by atoms with Gasteiger partial charge in [-0.15, -0.1) is 0 Å². The van der Waals surface area contributed by atoms with Gasteiger partial charge in [0.05, 0.1) is 7.11 Å². The zero-order chi connectivity index (χ0) is 17.4. The average Bonchev–Trinajstić information content (AvgIpc) is 2.61. The minimum Gasteiger partial charge on any atom is -0.497 e. The number of carbonyl (C=O) groups is 2. The van der Waals surface area contributed by atoms with Crippen molar-refractivity contribution in [1.82, 2.24) is 5.32 Å². The second kappa shape index (κ2) is 8.53. The molecule has 124 valence electrons. The van der Waals surface area contributed by atoms with Crippen molar-refractivity contribution in [3.8, 4) is 5.75 Å². The molecule has 0 aliphatic heterocycles. The molecule has 0 aliphatic carbocycles. The topological polar surface area (TPSA) is 67.4 Å². The summed E-state index contributed by atoms with van der Waals surface area (Å²) in [5, 5.41) is 5.37. The van der Waals surface area contributed by atoms with E-state index < -0.39 is 6.04 Å². The molecule has 5 heteroatoms. The zero-order valence-corrected chi connectivity index (χ0v) is 13.7. The summed E-state index contributed by atoms with van der Waals surface area (Å²) >= 11 is 0. The van der Waals surface area contributed by atoms with E-state index in [1.54, 1.807) is 32.2 Å². The first-order valence-electron chi connectivity index (χ1n) is 7.57. The van der Waals surface area contributed by atoms with Crippen molar-refractivity contribution >= 4 is 23.6 Å². The standard InChI is InChI=1S/C19H20N2O3/c1-14(19(23)21-16-6-4-3-5-7-16)20-18(22)13-10-15-8-11-17(24-2)12-9-15/h3-14H,1-2H3,(H,20,22)(H,21,23)/b13-10+. The average molecular weight is 324 g/mol. The summed E-state index contributed by atoms with van der Waals surface area (Å²) in [6, 6.07) is 15.8. The van der Waals surface area contributed by atoms with E-state index in [4.69, 9.17) is 4.74 Å². The lowest BCUT2D eigenvalue weighted by Gasteiger charge is -2.12. The molecule has 0 fully saturated rings. The molecule has 0 saturated carbocycles. The first kappa shape index (κ1) is 17.3. The lowest BCUT2D eigenvalue weighted by molar-refractivity contribution is -0.123. The number of hydrogen-bond acceptors (Lipinski definition) is 3. The number of rotatable bonds is 6. The lowest BCUT2D eigenvalue weighted by Crippen LogP contribution is -2.40. The highest BCUT2D eigenvalue weighted by Gasteiger charge is 2.14. The number of ether oxygens (including phenoxy) is 1. The molecule has 2 aromatic carbocycles. The minimum absolute atomic E-state index is 0.271. The molecular weight excluding hydrogens is 304 g/mol. The van der Waals surface area contributed by atoms with Crippen molar-refractivity contribution in [2.24, 2.45) is 0 Å². The molecular formula is C19H20N2O3. The Morgan fingerprint density at radius 2 is 1.71 bits per heavy atom. The van der Waals surface area contributed by atoms with Gasteiger partial charge in [0.2, 0.25) is 11.8 Å². The maximum absolute atomic E-state index is 12.0. The van der Waals surface area contributed by atoms with Crippen LogP contribution in [0.2, 0.25) is 0 Å². The molecule has 1 atom stereocenters. The highest BCUT2D eigenvalue weighted by atomic mass is 16.5. The predicted octanol–water partition coefficient (Wildman–Crippen LogP) is 2.85. The molecule has 0 aromatic heterocycles. The summed E-state index contributed by atoms with van der Waals surface area (Å²) in [5.41, 5.74) is 1.56. The largest absolute Gasteiger partial charge is 0.497 e. The number of para-hydroxylation sites is 1. The maximum Gasteiger partial charge on any atom is 0.246 e. The molecule has 0 saturated heterocycles. The number of methoxy groups -OCH3 is 1. The van der Waals surface area contributed by atoms with E-state index in [1.165, 1.54) is 6.08 Å². The van der Waals surface area contributed by atoms with Gasteiger partial charge in [-0.05, 0) is 42.8 Å². The fourth-order valence-electron chi connectivity index (χ4n) is 1.99. The molecule has 2 aromatic rings. The van der Waals surface area contributed by atoms with Gasteiger partial charge in [-0.3, -0.25) is 9.59 Å². The normalized spacial score (nSPS) is 11.8. The monoisotopic (exact) mass is 324 g/mol. The molecule has 1 unspecified atom stereocenters. The van der Waals surface area contributed by atoms with Gasteiger partial charge >= 0.3 is 0 Å². The van der Waals surface area contributed by atoms with Crippen molar-refractivity contribution in [1.29, 1.82) is 0 Å². The number of carbonyl (C=O) groups excluding carboxylic acids is 2. The van der Waals surface area contributed by atoms with Crippen molar-refractivity contribution in [2.45, 2.75) is 13.0 Å². The van der Waals surface area contributed by atoms with E-state index in [1.807, 2.05) is 42.5 Å². The predicted molar refractivity (Wildman–Crippen MR) is 94.7 cm³/mol. The van der Waals surface area contributed by atoms with E-state index in [0.717, 1.165) is 11.3 Å². The first-order chi connectivity index (χ1) is 11.6. The SMILES string of the molecule is COc1ccc(/C=C/C(=O)NC(C)C(=O)Nc2ccccc2)cc1. The second-order valence-electron chi connectivity index (χ2n) is 5.19. The number of anilines is 1. The molecule has 0 bridgehead atoms. The van der Waals surface area contributed by atoms with Gasteiger partial charge < -0.3 is 15.4 Å². The third-order valence-corrected chi connectivity index (χ3v) is 3.34. The molecule has 2 N–H and O–H groups in total. The van der Waals surface area contributed by atoms with E-state index in [9.17, 15) is 9.59 Å². The summed E-state index contributed by atoms with van der Waals surface area (Å²) in [6.07, 6.45) is 3.07. The van der Waals surface area contributed by atoms with Crippen LogP contribution in [0.4, 0.5) is 5.69 Å². The van der Waals surface area contributed by atoms with Crippen LogP contribution in [0.5, 0.6) is 5.75 Å². The Hall–Kier alpha value is -3.08. The third-order valence-electron chi connectivity index (χ3n) is 3.34. The first-order valence-corrected chi connectivity index (χ1v) is 7.57. The molecule has 2 amide bonds. The Bertz CT molecular complexity index is 709. The minimum atomic E-state index is -0.641. The van der Waals surface area contributed by atoms with E-state index >= 15 is 0 Å². The van der Waals surface area contributed by atoms with Gasteiger partial charge in [0.25, 0.3) is 0 Å². The number of hydrogen-bond donors (Lipinski definition) is 2.